The lowest BCUT2D eigenvalue weighted by Gasteiger charge is -2.06. The van der Waals surface area contributed by atoms with Gasteiger partial charge in [-0.25, -0.2) is 14.4 Å². The molecule has 17 heavy (non-hydrogen) atoms. The molecule has 1 heterocycles. The number of rotatable bonds is 1. The molecule has 0 N–H and O–H groups in total. The van der Waals surface area contributed by atoms with E-state index in [1.807, 2.05) is 13.8 Å². The summed E-state index contributed by atoms with van der Waals surface area (Å²) in [6, 6.07) is 4.16. The Morgan fingerprint density at radius 2 is 1.76 bits per heavy atom. The highest BCUT2D eigenvalue weighted by Gasteiger charge is 2.09. The highest BCUT2D eigenvalue weighted by Crippen LogP contribution is 2.24. The summed E-state index contributed by atoms with van der Waals surface area (Å²) < 4.78 is 13.2. The second-order valence-corrected chi connectivity index (χ2v) is 4.50. The molecule has 2 rings (SSSR count). The molecular formula is C12H9Cl2FN2. The van der Waals surface area contributed by atoms with Gasteiger partial charge in [0.2, 0.25) is 0 Å². The van der Waals surface area contributed by atoms with E-state index in [2.05, 4.69) is 9.97 Å². The van der Waals surface area contributed by atoms with Crippen molar-refractivity contribution in [2.75, 3.05) is 0 Å². The molecule has 88 valence electrons. The second-order valence-electron chi connectivity index (χ2n) is 3.71. The number of benzene rings is 1. The highest BCUT2D eigenvalue weighted by atomic mass is 35.5. The number of nitrogens with zero attached hydrogens (tertiary/aromatic N) is 2. The van der Waals surface area contributed by atoms with Crippen molar-refractivity contribution < 1.29 is 4.39 Å². The minimum absolute atomic E-state index is 0.304. The SMILES string of the molecule is Cc1nc(-c2cc(F)cc(Cl)c2)nc(Cl)c1C. The molecule has 0 aliphatic heterocycles. The highest BCUT2D eigenvalue weighted by molar-refractivity contribution is 6.31. The lowest BCUT2D eigenvalue weighted by molar-refractivity contribution is 0.628. The minimum Gasteiger partial charge on any atom is -0.233 e. The van der Waals surface area contributed by atoms with Crippen molar-refractivity contribution in [3.05, 3.63) is 45.4 Å². The van der Waals surface area contributed by atoms with E-state index >= 15 is 0 Å². The third-order valence-electron chi connectivity index (χ3n) is 2.45. The molecule has 1 aromatic heterocycles. The first-order valence-electron chi connectivity index (χ1n) is 4.94. The third-order valence-corrected chi connectivity index (χ3v) is 3.04. The minimum atomic E-state index is -0.426. The van der Waals surface area contributed by atoms with Gasteiger partial charge in [-0.2, -0.15) is 0 Å². The van der Waals surface area contributed by atoms with Gasteiger partial charge in [0.15, 0.2) is 5.82 Å². The van der Waals surface area contributed by atoms with E-state index < -0.39 is 5.82 Å². The third kappa shape index (κ3) is 2.56. The van der Waals surface area contributed by atoms with Crippen LogP contribution in [0.3, 0.4) is 0 Å². The molecule has 0 atom stereocenters. The predicted octanol–water partition coefficient (Wildman–Crippen LogP) is 4.21. The average Bonchev–Trinajstić information content (AvgIpc) is 2.23. The Morgan fingerprint density at radius 1 is 1.06 bits per heavy atom. The normalized spacial score (nSPS) is 10.6. The molecular weight excluding hydrogens is 262 g/mol. The molecule has 0 unspecified atom stereocenters. The molecule has 0 bridgehead atoms. The van der Waals surface area contributed by atoms with Crippen molar-refractivity contribution >= 4 is 23.2 Å². The van der Waals surface area contributed by atoms with Crippen molar-refractivity contribution in [3.8, 4) is 11.4 Å². The summed E-state index contributed by atoms with van der Waals surface area (Å²) >= 11 is 11.8. The molecule has 0 amide bonds. The van der Waals surface area contributed by atoms with Gasteiger partial charge in [0.1, 0.15) is 11.0 Å². The van der Waals surface area contributed by atoms with Gasteiger partial charge in [-0.05, 0) is 32.0 Å². The number of aromatic nitrogens is 2. The van der Waals surface area contributed by atoms with Gasteiger partial charge in [-0.3, -0.25) is 0 Å². The molecule has 0 fully saturated rings. The van der Waals surface area contributed by atoms with Crippen LogP contribution in [0.4, 0.5) is 4.39 Å². The Balaban J connectivity index is 2.60. The average molecular weight is 271 g/mol. The number of aryl methyl sites for hydroxylation is 1. The van der Waals surface area contributed by atoms with Gasteiger partial charge in [-0.1, -0.05) is 23.2 Å². The van der Waals surface area contributed by atoms with E-state index in [0.29, 0.717) is 21.6 Å². The van der Waals surface area contributed by atoms with E-state index in [4.69, 9.17) is 23.2 Å². The number of halogens is 3. The van der Waals surface area contributed by atoms with Gasteiger partial charge in [0.25, 0.3) is 0 Å². The van der Waals surface area contributed by atoms with Crippen LogP contribution in [0, 0.1) is 19.7 Å². The zero-order valence-corrected chi connectivity index (χ0v) is 10.8. The number of hydrogen-bond donors (Lipinski definition) is 0. The Morgan fingerprint density at radius 3 is 2.35 bits per heavy atom. The molecule has 0 aliphatic carbocycles. The Bertz CT molecular complexity index is 541. The van der Waals surface area contributed by atoms with Crippen LogP contribution in [0.25, 0.3) is 11.4 Å². The molecule has 2 aromatic rings. The standard InChI is InChI=1S/C12H9Cl2FN2/c1-6-7(2)16-12(17-11(6)14)8-3-9(13)5-10(15)4-8/h3-5H,1-2H3. The monoisotopic (exact) mass is 270 g/mol. The first-order chi connectivity index (χ1) is 7.97. The maximum Gasteiger partial charge on any atom is 0.161 e. The van der Waals surface area contributed by atoms with Crippen LogP contribution < -0.4 is 0 Å². The Labute approximate surface area is 108 Å². The van der Waals surface area contributed by atoms with Gasteiger partial charge in [0, 0.05) is 21.8 Å². The fourth-order valence-electron chi connectivity index (χ4n) is 1.41. The van der Waals surface area contributed by atoms with E-state index in [9.17, 15) is 4.39 Å². The van der Waals surface area contributed by atoms with Gasteiger partial charge >= 0.3 is 0 Å². The number of hydrogen-bond acceptors (Lipinski definition) is 2. The van der Waals surface area contributed by atoms with Crippen molar-refractivity contribution in [1.29, 1.82) is 0 Å². The molecule has 0 saturated heterocycles. The largest absolute Gasteiger partial charge is 0.233 e. The van der Waals surface area contributed by atoms with E-state index in [1.54, 1.807) is 6.07 Å². The summed E-state index contributed by atoms with van der Waals surface area (Å²) in [4.78, 5) is 8.38. The summed E-state index contributed by atoms with van der Waals surface area (Å²) in [5.74, 6) is -0.0510. The van der Waals surface area contributed by atoms with Gasteiger partial charge in [0.05, 0.1) is 0 Å². The fraction of sp³-hybridized carbons (Fsp3) is 0.167. The summed E-state index contributed by atoms with van der Waals surface area (Å²) in [6.07, 6.45) is 0. The first kappa shape index (κ1) is 12.3. The molecule has 1 aromatic carbocycles. The molecule has 0 radical (unpaired) electrons. The summed E-state index contributed by atoms with van der Waals surface area (Å²) in [5, 5.41) is 0.672. The molecule has 0 aliphatic rings. The van der Waals surface area contributed by atoms with Crippen molar-refractivity contribution in [3.63, 3.8) is 0 Å². The Kier molecular flexibility index (Phi) is 3.31. The zero-order chi connectivity index (χ0) is 12.6. The zero-order valence-electron chi connectivity index (χ0n) is 9.26. The second kappa shape index (κ2) is 4.59. The van der Waals surface area contributed by atoms with Crippen LogP contribution in [-0.2, 0) is 0 Å². The summed E-state index contributed by atoms with van der Waals surface area (Å²) in [6.45, 7) is 3.66. The smallest absolute Gasteiger partial charge is 0.161 e. The van der Waals surface area contributed by atoms with Crippen molar-refractivity contribution in [2.45, 2.75) is 13.8 Å². The van der Waals surface area contributed by atoms with Crippen molar-refractivity contribution in [1.82, 2.24) is 9.97 Å². The topological polar surface area (TPSA) is 25.8 Å². The van der Waals surface area contributed by atoms with Gasteiger partial charge < -0.3 is 0 Å². The van der Waals surface area contributed by atoms with Crippen LogP contribution in [-0.4, -0.2) is 9.97 Å². The maximum absolute atomic E-state index is 13.2. The molecule has 0 spiro atoms. The van der Waals surface area contributed by atoms with Crippen LogP contribution in [0.5, 0.6) is 0 Å². The molecule has 5 heteroatoms. The lowest BCUT2D eigenvalue weighted by atomic mass is 10.2. The van der Waals surface area contributed by atoms with Crippen LogP contribution >= 0.6 is 23.2 Å². The molecule has 0 saturated carbocycles. The summed E-state index contributed by atoms with van der Waals surface area (Å²) in [7, 11) is 0. The fourth-order valence-corrected chi connectivity index (χ4v) is 1.84. The lowest BCUT2D eigenvalue weighted by Crippen LogP contribution is -1.96. The van der Waals surface area contributed by atoms with E-state index in [-0.39, 0.29) is 0 Å². The van der Waals surface area contributed by atoms with Crippen molar-refractivity contribution in [2.24, 2.45) is 0 Å². The van der Waals surface area contributed by atoms with E-state index in [1.165, 1.54) is 12.1 Å². The van der Waals surface area contributed by atoms with Crippen LogP contribution in [0.1, 0.15) is 11.3 Å². The predicted molar refractivity (Wildman–Crippen MR) is 66.9 cm³/mol. The van der Waals surface area contributed by atoms with Crippen LogP contribution in [0.2, 0.25) is 10.2 Å². The van der Waals surface area contributed by atoms with Crippen LogP contribution in [0.15, 0.2) is 18.2 Å². The van der Waals surface area contributed by atoms with E-state index in [0.717, 1.165) is 11.3 Å². The molecule has 2 nitrogen and oxygen atoms in total. The quantitative estimate of drug-likeness (QED) is 0.726. The maximum atomic E-state index is 13.2. The Hall–Kier alpha value is -1.19. The first-order valence-corrected chi connectivity index (χ1v) is 5.70. The summed E-state index contributed by atoms with van der Waals surface area (Å²) in [5.41, 5.74) is 2.10. The van der Waals surface area contributed by atoms with Gasteiger partial charge in [-0.15, -0.1) is 0 Å².